The van der Waals surface area contributed by atoms with Crippen LogP contribution in [0.25, 0.3) is 6.08 Å². The summed E-state index contributed by atoms with van der Waals surface area (Å²) in [6.07, 6.45) is 2.14. The zero-order valence-corrected chi connectivity index (χ0v) is 16.7. The molecule has 0 fully saturated rings. The standard InChI is InChI=1S/C16H13Cl3N2O5S/c1-26-13-4-2-9(3-5-15(22)23)6-14(13)27(24,25)21-20-16-11(18)7-10(17)8-12(16)19/h2-8,20-21H,1H3,(H,22,23)/b5-3+. The number of carboxylic acids is 1. The molecule has 2 aromatic carbocycles. The molecule has 0 bridgehead atoms. The lowest BCUT2D eigenvalue weighted by Crippen LogP contribution is -2.30. The molecule has 0 saturated heterocycles. The Hall–Kier alpha value is -1.97. The lowest BCUT2D eigenvalue weighted by Gasteiger charge is -2.14. The van der Waals surface area contributed by atoms with Crippen LogP contribution in [-0.4, -0.2) is 26.6 Å². The molecule has 0 saturated carbocycles. The van der Waals surface area contributed by atoms with Crippen LogP contribution < -0.4 is 15.0 Å². The second-order valence-corrected chi connectivity index (χ2v) is 7.96. The summed E-state index contributed by atoms with van der Waals surface area (Å²) in [5.41, 5.74) is 2.91. The van der Waals surface area contributed by atoms with Gasteiger partial charge in [-0.3, -0.25) is 0 Å². The number of rotatable bonds is 7. The zero-order chi connectivity index (χ0) is 20.2. The summed E-state index contributed by atoms with van der Waals surface area (Å²) < 4.78 is 30.4. The van der Waals surface area contributed by atoms with Gasteiger partial charge in [-0.25, -0.2) is 13.2 Å². The summed E-state index contributed by atoms with van der Waals surface area (Å²) in [6.45, 7) is 0. The molecule has 2 rings (SSSR count). The number of methoxy groups -OCH3 is 1. The van der Waals surface area contributed by atoms with Crippen LogP contribution >= 0.6 is 34.8 Å². The first-order valence-electron chi connectivity index (χ1n) is 7.15. The van der Waals surface area contributed by atoms with Gasteiger partial charge in [-0.1, -0.05) is 40.9 Å². The number of hydrogen-bond acceptors (Lipinski definition) is 5. The van der Waals surface area contributed by atoms with Crippen molar-refractivity contribution in [3.63, 3.8) is 0 Å². The first-order chi connectivity index (χ1) is 12.6. The molecule has 0 aliphatic rings. The fourth-order valence-electron chi connectivity index (χ4n) is 2.01. The summed E-state index contributed by atoms with van der Waals surface area (Å²) >= 11 is 17.8. The molecule has 144 valence electrons. The second kappa shape index (κ2) is 8.81. The number of nitrogens with one attached hydrogen (secondary N) is 2. The van der Waals surface area contributed by atoms with Crippen LogP contribution in [0.4, 0.5) is 5.69 Å². The quantitative estimate of drug-likeness (QED) is 0.433. The average molecular weight is 452 g/mol. The normalized spacial score (nSPS) is 11.6. The van der Waals surface area contributed by atoms with Gasteiger partial charge in [-0.2, -0.15) is 0 Å². The molecule has 27 heavy (non-hydrogen) atoms. The number of sulfonamides is 1. The van der Waals surface area contributed by atoms with Crippen molar-refractivity contribution in [3.05, 3.63) is 57.0 Å². The highest BCUT2D eigenvalue weighted by molar-refractivity contribution is 7.89. The van der Waals surface area contributed by atoms with E-state index in [0.29, 0.717) is 5.56 Å². The predicted octanol–water partition coefficient (Wildman–Crippen LogP) is 4.06. The molecule has 0 atom stereocenters. The molecular formula is C16H13Cl3N2O5S. The Morgan fingerprint density at radius 3 is 2.33 bits per heavy atom. The van der Waals surface area contributed by atoms with E-state index in [1.807, 2.05) is 0 Å². The van der Waals surface area contributed by atoms with Crippen molar-refractivity contribution >= 4 is 62.6 Å². The molecular weight excluding hydrogens is 439 g/mol. The molecule has 0 aliphatic heterocycles. The third-order valence-electron chi connectivity index (χ3n) is 3.21. The number of hydrogen-bond donors (Lipinski definition) is 3. The molecule has 2 aromatic rings. The number of aliphatic carboxylic acids is 1. The van der Waals surface area contributed by atoms with Gasteiger partial charge in [-0.05, 0) is 35.9 Å². The highest BCUT2D eigenvalue weighted by Crippen LogP contribution is 2.33. The van der Waals surface area contributed by atoms with Crippen molar-refractivity contribution in [1.29, 1.82) is 0 Å². The van der Waals surface area contributed by atoms with Crippen molar-refractivity contribution in [1.82, 2.24) is 4.83 Å². The van der Waals surface area contributed by atoms with Gasteiger partial charge < -0.3 is 15.3 Å². The first-order valence-corrected chi connectivity index (χ1v) is 9.77. The SMILES string of the molecule is COc1ccc(/C=C/C(=O)O)cc1S(=O)(=O)NNc1c(Cl)cc(Cl)cc1Cl. The van der Waals surface area contributed by atoms with E-state index in [1.165, 1.54) is 43.5 Å². The van der Waals surface area contributed by atoms with Crippen LogP contribution in [0.2, 0.25) is 15.1 Å². The van der Waals surface area contributed by atoms with Crippen LogP contribution in [0.1, 0.15) is 5.56 Å². The van der Waals surface area contributed by atoms with Gasteiger partial charge in [0, 0.05) is 11.1 Å². The summed E-state index contributed by atoms with van der Waals surface area (Å²) in [7, 11) is -2.82. The molecule has 0 aromatic heterocycles. The summed E-state index contributed by atoms with van der Waals surface area (Å²) in [5, 5.41) is 9.21. The van der Waals surface area contributed by atoms with Gasteiger partial charge in [-0.15, -0.1) is 4.83 Å². The number of hydrazine groups is 1. The monoisotopic (exact) mass is 450 g/mol. The number of benzene rings is 2. The van der Waals surface area contributed by atoms with E-state index >= 15 is 0 Å². The minimum Gasteiger partial charge on any atom is -0.495 e. The van der Waals surface area contributed by atoms with Crippen molar-refractivity contribution in [2.75, 3.05) is 12.5 Å². The summed E-state index contributed by atoms with van der Waals surface area (Å²) in [5.74, 6) is -1.10. The molecule has 3 N–H and O–H groups in total. The Balaban J connectivity index is 2.35. The van der Waals surface area contributed by atoms with E-state index in [-0.39, 0.29) is 31.4 Å². The van der Waals surface area contributed by atoms with Gasteiger partial charge in [0.2, 0.25) is 0 Å². The minimum absolute atomic E-state index is 0.0603. The molecule has 0 amide bonds. The van der Waals surface area contributed by atoms with Crippen LogP contribution in [0.5, 0.6) is 5.75 Å². The van der Waals surface area contributed by atoms with Crippen LogP contribution in [0.15, 0.2) is 41.3 Å². The van der Waals surface area contributed by atoms with E-state index in [4.69, 9.17) is 44.6 Å². The number of halogens is 3. The van der Waals surface area contributed by atoms with Crippen molar-refractivity contribution in [3.8, 4) is 5.75 Å². The lowest BCUT2D eigenvalue weighted by molar-refractivity contribution is -0.131. The lowest BCUT2D eigenvalue weighted by atomic mass is 10.2. The Morgan fingerprint density at radius 2 is 1.78 bits per heavy atom. The van der Waals surface area contributed by atoms with Crippen LogP contribution in [-0.2, 0) is 14.8 Å². The van der Waals surface area contributed by atoms with Crippen LogP contribution in [0.3, 0.4) is 0 Å². The smallest absolute Gasteiger partial charge is 0.328 e. The topological polar surface area (TPSA) is 105 Å². The number of carbonyl (C=O) groups is 1. The Bertz CT molecular complexity index is 986. The first kappa shape index (κ1) is 21.3. The van der Waals surface area contributed by atoms with Gasteiger partial charge in [0.15, 0.2) is 0 Å². The molecule has 7 nitrogen and oxygen atoms in total. The third kappa shape index (κ3) is 5.50. The number of carboxylic acid groups (broad SMARTS) is 1. The maximum atomic E-state index is 12.7. The van der Waals surface area contributed by atoms with E-state index < -0.39 is 16.0 Å². The minimum atomic E-state index is -4.12. The largest absolute Gasteiger partial charge is 0.495 e. The fraction of sp³-hybridized carbons (Fsp3) is 0.0625. The highest BCUT2D eigenvalue weighted by atomic mass is 35.5. The highest BCUT2D eigenvalue weighted by Gasteiger charge is 2.21. The maximum absolute atomic E-state index is 12.7. The van der Waals surface area contributed by atoms with E-state index in [1.54, 1.807) is 0 Å². The molecule has 0 heterocycles. The van der Waals surface area contributed by atoms with Gasteiger partial charge in [0.25, 0.3) is 10.0 Å². The number of ether oxygens (including phenoxy) is 1. The second-order valence-electron chi connectivity index (χ2n) is 5.06. The van der Waals surface area contributed by atoms with E-state index in [9.17, 15) is 13.2 Å². The summed E-state index contributed by atoms with van der Waals surface area (Å²) in [4.78, 5) is 12.6. The van der Waals surface area contributed by atoms with E-state index in [0.717, 1.165) is 6.08 Å². The Kier molecular flexibility index (Phi) is 6.96. The Morgan fingerprint density at radius 1 is 1.15 bits per heavy atom. The van der Waals surface area contributed by atoms with Gasteiger partial charge >= 0.3 is 5.97 Å². The van der Waals surface area contributed by atoms with Gasteiger partial charge in [0.05, 0.1) is 22.8 Å². The van der Waals surface area contributed by atoms with Crippen molar-refractivity contribution in [2.45, 2.75) is 4.90 Å². The predicted molar refractivity (Wildman–Crippen MR) is 105 cm³/mol. The zero-order valence-electron chi connectivity index (χ0n) is 13.7. The van der Waals surface area contributed by atoms with Gasteiger partial charge in [0.1, 0.15) is 10.6 Å². The summed E-state index contributed by atoms with van der Waals surface area (Å²) in [6, 6.07) is 6.95. The van der Waals surface area contributed by atoms with E-state index in [2.05, 4.69) is 10.3 Å². The Labute approximate surface area is 170 Å². The molecule has 11 heteroatoms. The number of anilines is 1. The molecule has 0 radical (unpaired) electrons. The average Bonchev–Trinajstić information content (AvgIpc) is 2.58. The van der Waals surface area contributed by atoms with Crippen LogP contribution in [0, 0.1) is 0 Å². The molecule has 0 aliphatic carbocycles. The van der Waals surface area contributed by atoms with Crippen molar-refractivity contribution in [2.24, 2.45) is 0 Å². The molecule has 0 spiro atoms. The third-order valence-corrected chi connectivity index (χ3v) is 5.30. The fourth-order valence-corrected chi connectivity index (χ4v) is 3.97. The molecule has 0 unspecified atom stereocenters. The maximum Gasteiger partial charge on any atom is 0.328 e. The van der Waals surface area contributed by atoms with Crippen molar-refractivity contribution < 1.29 is 23.1 Å².